The second-order valence-electron chi connectivity index (χ2n) is 7.66. The van der Waals surface area contributed by atoms with Gasteiger partial charge < -0.3 is 14.6 Å². The first-order valence-corrected chi connectivity index (χ1v) is 10.3. The maximum atomic E-state index is 12.8. The Labute approximate surface area is 189 Å². The fourth-order valence-corrected chi connectivity index (χ4v) is 4.02. The summed E-state index contributed by atoms with van der Waals surface area (Å²) in [5, 5.41) is 18.7. The van der Waals surface area contributed by atoms with Crippen molar-refractivity contribution in [3.63, 3.8) is 0 Å². The third-order valence-electron chi connectivity index (χ3n) is 5.48. The van der Waals surface area contributed by atoms with E-state index in [0.717, 1.165) is 5.56 Å². The van der Waals surface area contributed by atoms with Gasteiger partial charge in [-0.2, -0.15) is 4.98 Å². The molecule has 0 radical (unpaired) electrons. The van der Waals surface area contributed by atoms with Crippen molar-refractivity contribution < 1.29 is 19.0 Å². The van der Waals surface area contributed by atoms with Crippen LogP contribution in [0.15, 0.2) is 76.1 Å². The van der Waals surface area contributed by atoms with E-state index < -0.39 is 16.8 Å². The summed E-state index contributed by atoms with van der Waals surface area (Å²) >= 11 is 0. The highest BCUT2D eigenvalue weighted by atomic mass is 16.6. The molecule has 4 rings (SSSR count). The topological polar surface area (TPSA) is 120 Å². The van der Waals surface area contributed by atoms with Crippen LogP contribution in [0.5, 0.6) is 0 Å². The molecular weight excluding hydrogens is 424 g/mol. The van der Waals surface area contributed by atoms with Gasteiger partial charge in [-0.1, -0.05) is 47.6 Å². The molecule has 2 aromatic carbocycles. The van der Waals surface area contributed by atoms with Crippen molar-refractivity contribution in [2.45, 2.75) is 26.2 Å². The van der Waals surface area contributed by atoms with Crippen LogP contribution in [0.4, 0.5) is 5.69 Å². The van der Waals surface area contributed by atoms with Crippen molar-refractivity contribution in [3.05, 3.63) is 105 Å². The van der Waals surface area contributed by atoms with E-state index in [2.05, 4.69) is 15.5 Å². The number of esters is 1. The number of methoxy groups -OCH3 is 1. The number of nitro benzene ring substituents is 1. The molecule has 0 aliphatic carbocycles. The average Bonchev–Trinajstić information content (AvgIpc) is 3.26. The largest absolute Gasteiger partial charge is 0.466 e. The molecule has 3 aromatic rings. The lowest BCUT2D eigenvalue weighted by molar-refractivity contribution is -0.384. The summed E-state index contributed by atoms with van der Waals surface area (Å²) in [4.78, 5) is 28.3. The minimum Gasteiger partial charge on any atom is -0.466 e. The molecule has 0 bridgehead atoms. The van der Waals surface area contributed by atoms with Gasteiger partial charge in [0.2, 0.25) is 0 Å². The maximum absolute atomic E-state index is 12.8. The molecule has 0 saturated heterocycles. The summed E-state index contributed by atoms with van der Waals surface area (Å²) in [6.07, 6.45) is 0.476. The first kappa shape index (κ1) is 21.9. The quantitative estimate of drug-likeness (QED) is 0.341. The molecule has 0 spiro atoms. The number of hydrogen-bond donors (Lipinski definition) is 1. The van der Waals surface area contributed by atoms with Gasteiger partial charge in [0, 0.05) is 35.5 Å². The van der Waals surface area contributed by atoms with Gasteiger partial charge in [0.15, 0.2) is 5.82 Å². The second kappa shape index (κ2) is 9.07. The SMILES string of the molecule is COC(=O)C1=C(C)NC(C)=C(c2nc(Cc3ccccc3)no2)[C@H]1c1cccc([N+](=O)[O-])c1. The minimum absolute atomic E-state index is 0.0831. The highest BCUT2D eigenvalue weighted by Crippen LogP contribution is 2.43. The van der Waals surface area contributed by atoms with E-state index >= 15 is 0 Å². The van der Waals surface area contributed by atoms with Gasteiger partial charge in [-0.05, 0) is 25.0 Å². The van der Waals surface area contributed by atoms with Crippen LogP contribution < -0.4 is 5.32 Å². The van der Waals surface area contributed by atoms with Crippen molar-refractivity contribution in [2.24, 2.45) is 0 Å². The zero-order chi connectivity index (χ0) is 23.5. The Hall–Kier alpha value is -4.27. The van der Waals surface area contributed by atoms with Crippen LogP contribution in [0, 0.1) is 10.1 Å². The van der Waals surface area contributed by atoms with Crippen LogP contribution in [0.25, 0.3) is 5.57 Å². The van der Waals surface area contributed by atoms with Crippen molar-refractivity contribution in [1.29, 1.82) is 0 Å². The average molecular weight is 446 g/mol. The highest BCUT2D eigenvalue weighted by Gasteiger charge is 2.37. The van der Waals surface area contributed by atoms with E-state index in [9.17, 15) is 14.9 Å². The van der Waals surface area contributed by atoms with Crippen LogP contribution >= 0.6 is 0 Å². The van der Waals surface area contributed by atoms with Crippen LogP contribution in [-0.2, 0) is 16.0 Å². The van der Waals surface area contributed by atoms with Crippen LogP contribution in [0.3, 0.4) is 0 Å². The van der Waals surface area contributed by atoms with E-state index in [1.54, 1.807) is 19.1 Å². The Morgan fingerprint density at radius 2 is 1.91 bits per heavy atom. The molecule has 1 aliphatic heterocycles. The van der Waals surface area contributed by atoms with Gasteiger partial charge in [-0.15, -0.1) is 0 Å². The number of ether oxygens (including phenoxy) is 1. The molecule has 0 amide bonds. The second-order valence-corrected chi connectivity index (χ2v) is 7.66. The number of nitrogens with one attached hydrogen (secondary N) is 1. The lowest BCUT2D eigenvalue weighted by Gasteiger charge is -2.29. The number of dihydropyridines is 1. The van der Waals surface area contributed by atoms with Crippen LogP contribution in [0.1, 0.15) is 42.6 Å². The predicted molar refractivity (Wildman–Crippen MR) is 120 cm³/mol. The van der Waals surface area contributed by atoms with E-state index in [1.807, 2.05) is 37.3 Å². The highest BCUT2D eigenvalue weighted by molar-refractivity contribution is 5.96. The molecule has 9 nitrogen and oxygen atoms in total. The van der Waals surface area contributed by atoms with Gasteiger partial charge in [-0.25, -0.2) is 4.79 Å². The van der Waals surface area contributed by atoms with Crippen molar-refractivity contribution in [2.75, 3.05) is 7.11 Å². The molecule has 1 aliphatic rings. The zero-order valence-corrected chi connectivity index (χ0v) is 18.4. The smallest absolute Gasteiger partial charge is 0.336 e. The molecule has 2 heterocycles. The maximum Gasteiger partial charge on any atom is 0.336 e. The Bertz CT molecular complexity index is 1280. The molecule has 33 heavy (non-hydrogen) atoms. The van der Waals surface area contributed by atoms with Gasteiger partial charge in [0.25, 0.3) is 11.6 Å². The Balaban J connectivity index is 1.81. The number of nitrogens with zero attached hydrogens (tertiary/aromatic N) is 3. The normalized spacial score (nSPS) is 15.9. The van der Waals surface area contributed by atoms with E-state index in [0.29, 0.717) is 40.3 Å². The standard InChI is InChI=1S/C24H22N4O5/c1-14-20(23-26-19(27-33-23)12-16-8-5-4-6-9-16)22(21(15(2)25-14)24(29)32-3)17-10-7-11-18(13-17)28(30)31/h4-11,13,22,25H,12H2,1-3H3/t22-/m1/s1. The van der Waals surface area contributed by atoms with Gasteiger partial charge >= 0.3 is 5.97 Å². The summed E-state index contributed by atoms with van der Waals surface area (Å²) in [6, 6.07) is 15.9. The molecular formula is C24H22N4O5. The summed E-state index contributed by atoms with van der Waals surface area (Å²) in [7, 11) is 1.29. The number of rotatable bonds is 6. The first-order chi connectivity index (χ1) is 15.9. The molecule has 9 heteroatoms. The summed E-state index contributed by atoms with van der Waals surface area (Å²) < 4.78 is 10.6. The number of benzene rings is 2. The number of nitro groups is 1. The molecule has 1 N–H and O–H groups in total. The molecule has 0 fully saturated rings. The lowest BCUT2D eigenvalue weighted by atomic mass is 9.80. The Morgan fingerprint density at radius 1 is 1.15 bits per heavy atom. The number of carbonyl (C=O) groups is 1. The summed E-state index contributed by atoms with van der Waals surface area (Å²) in [6.45, 7) is 3.59. The fourth-order valence-electron chi connectivity index (χ4n) is 4.02. The molecule has 168 valence electrons. The monoisotopic (exact) mass is 446 g/mol. The Morgan fingerprint density at radius 3 is 2.61 bits per heavy atom. The molecule has 1 aromatic heterocycles. The van der Waals surface area contributed by atoms with Gasteiger partial charge in [-0.3, -0.25) is 10.1 Å². The van der Waals surface area contributed by atoms with E-state index in [1.165, 1.54) is 19.2 Å². The van der Waals surface area contributed by atoms with Crippen molar-refractivity contribution in [3.8, 4) is 0 Å². The minimum atomic E-state index is -0.691. The third-order valence-corrected chi connectivity index (χ3v) is 5.48. The molecule has 1 atom stereocenters. The van der Waals surface area contributed by atoms with E-state index in [-0.39, 0.29) is 11.6 Å². The van der Waals surface area contributed by atoms with Gasteiger partial charge in [0.05, 0.1) is 23.5 Å². The Kier molecular flexibility index (Phi) is 6.03. The fraction of sp³-hybridized carbons (Fsp3) is 0.208. The number of aromatic nitrogens is 2. The number of hydrogen-bond acceptors (Lipinski definition) is 8. The number of non-ortho nitro benzene ring substituents is 1. The zero-order valence-electron chi connectivity index (χ0n) is 18.4. The molecule has 0 unspecified atom stereocenters. The van der Waals surface area contributed by atoms with Crippen LogP contribution in [0.2, 0.25) is 0 Å². The first-order valence-electron chi connectivity index (χ1n) is 10.3. The third kappa shape index (κ3) is 4.38. The summed E-state index contributed by atoms with van der Waals surface area (Å²) in [5.41, 5.74) is 3.66. The lowest BCUT2D eigenvalue weighted by Crippen LogP contribution is -2.28. The predicted octanol–water partition coefficient (Wildman–Crippen LogP) is 4.13. The summed E-state index contributed by atoms with van der Waals surface area (Å²) in [5.74, 6) is -0.523. The number of carbonyl (C=O) groups excluding carboxylic acids is 1. The van der Waals surface area contributed by atoms with Crippen LogP contribution in [-0.4, -0.2) is 28.1 Å². The van der Waals surface area contributed by atoms with Crippen molar-refractivity contribution >= 4 is 17.2 Å². The number of allylic oxidation sites excluding steroid dienone is 3. The van der Waals surface area contributed by atoms with Crippen molar-refractivity contribution in [1.82, 2.24) is 15.5 Å². The van der Waals surface area contributed by atoms with E-state index in [4.69, 9.17) is 9.26 Å². The van der Waals surface area contributed by atoms with Gasteiger partial charge in [0.1, 0.15) is 0 Å². The molecule has 0 saturated carbocycles.